The van der Waals surface area contributed by atoms with Crippen LogP contribution in [0.2, 0.25) is 0 Å². The maximum Gasteiger partial charge on any atom is 0.354 e. The van der Waals surface area contributed by atoms with Crippen LogP contribution in [0.1, 0.15) is 36.9 Å². The van der Waals surface area contributed by atoms with E-state index in [1.165, 1.54) is 13.2 Å². The predicted molar refractivity (Wildman–Crippen MR) is 93.3 cm³/mol. The number of nitrogen functional groups attached to an aromatic ring is 1. The standard InChI is InChI=1S/C17H15N5O5/c1-27-17(26)10-4-2-9(3-5-10)8-19-15(23)11-6-12(16(24)25)22-14(20-11)7-13(18)21-22/h2-7H,8H2,1H3,(H2,18,21)(H,19,23)(H,24,25). The van der Waals surface area contributed by atoms with Gasteiger partial charge in [-0.05, 0) is 17.7 Å². The van der Waals surface area contributed by atoms with Crippen LogP contribution in [0, 0.1) is 0 Å². The number of hydrogen-bond acceptors (Lipinski definition) is 7. The first kappa shape index (κ1) is 17.9. The van der Waals surface area contributed by atoms with Crippen molar-refractivity contribution < 1.29 is 24.2 Å². The van der Waals surface area contributed by atoms with Gasteiger partial charge >= 0.3 is 11.9 Å². The summed E-state index contributed by atoms with van der Waals surface area (Å²) in [5.41, 5.74) is 6.54. The number of anilines is 1. The summed E-state index contributed by atoms with van der Waals surface area (Å²) in [4.78, 5) is 39.2. The topological polar surface area (TPSA) is 149 Å². The van der Waals surface area contributed by atoms with E-state index >= 15 is 0 Å². The van der Waals surface area contributed by atoms with Crippen LogP contribution < -0.4 is 11.1 Å². The zero-order valence-corrected chi connectivity index (χ0v) is 14.2. The van der Waals surface area contributed by atoms with Crippen molar-refractivity contribution in [3.63, 3.8) is 0 Å². The molecule has 0 bridgehead atoms. The number of nitrogens with zero attached hydrogens (tertiary/aromatic N) is 3. The first-order valence-corrected chi connectivity index (χ1v) is 7.74. The SMILES string of the molecule is COC(=O)c1ccc(CNC(=O)c2cc(C(=O)O)n3nc(N)cc3n2)cc1. The van der Waals surface area contributed by atoms with Gasteiger partial charge in [-0.2, -0.15) is 0 Å². The van der Waals surface area contributed by atoms with Gasteiger partial charge in [-0.3, -0.25) is 4.79 Å². The molecule has 1 aromatic carbocycles. The maximum atomic E-state index is 12.4. The number of ether oxygens (including phenoxy) is 1. The molecule has 0 unspecified atom stereocenters. The van der Waals surface area contributed by atoms with E-state index in [0.29, 0.717) is 5.56 Å². The molecule has 10 nitrogen and oxygen atoms in total. The lowest BCUT2D eigenvalue weighted by Crippen LogP contribution is -2.25. The summed E-state index contributed by atoms with van der Waals surface area (Å²) >= 11 is 0. The molecule has 2 aromatic heterocycles. The van der Waals surface area contributed by atoms with Crippen molar-refractivity contribution in [3.8, 4) is 0 Å². The van der Waals surface area contributed by atoms with Gasteiger partial charge in [-0.15, -0.1) is 5.10 Å². The summed E-state index contributed by atoms with van der Waals surface area (Å²) in [5, 5.41) is 15.8. The highest BCUT2D eigenvalue weighted by Gasteiger charge is 2.17. The summed E-state index contributed by atoms with van der Waals surface area (Å²) in [6, 6.07) is 8.99. The Kier molecular flexibility index (Phi) is 4.71. The number of hydrogen-bond donors (Lipinski definition) is 3. The smallest absolute Gasteiger partial charge is 0.354 e. The summed E-state index contributed by atoms with van der Waals surface area (Å²) in [5.74, 6) is -2.19. The number of nitrogens with one attached hydrogen (secondary N) is 1. The van der Waals surface area contributed by atoms with E-state index in [0.717, 1.165) is 16.1 Å². The van der Waals surface area contributed by atoms with Crippen LogP contribution in [0.15, 0.2) is 36.4 Å². The van der Waals surface area contributed by atoms with Crippen molar-refractivity contribution in [2.24, 2.45) is 0 Å². The minimum atomic E-state index is -1.27. The molecule has 0 aliphatic heterocycles. The molecule has 0 aliphatic carbocycles. The largest absolute Gasteiger partial charge is 0.477 e. The van der Waals surface area contributed by atoms with Gasteiger partial charge in [0, 0.05) is 18.7 Å². The summed E-state index contributed by atoms with van der Waals surface area (Å²) in [6.07, 6.45) is 0. The molecule has 0 aliphatic rings. The molecule has 1 amide bonds. The Hall–Kier alpha value is -3.95. The van der Waals surface area contributed by atoms with E-state index in [2.05, 4.69) is 20.1 Å². The molecule has 0 fully saturated rings. The fraction of sp³-hybridized carbons (Fsp3) is 0.118. The molecule has 3 aromatic rings. The molecule has 0 radical (unpaired) electrons. The Labute approximate surface area is 152 Å². The molecule has 27 heavy (non-hydrogen) atoms. The Morgan fingerprint density at radius 2 is 1.93 bits per heavy atom. The molecule has 2 heterocycles. The van der Waals surface area contributed by atoms with Crippen LogP contribution in [-0.4, -0.2) is 44.7 Å². The fourth-order valence-corrected chi connectivity index (χ4v) is 2.41. The van der Waals surface area contributed by atoms with Gasteiger partial charge in [0.2, 0.25) is 0 Å². The third-order valence-corrected chi connectivity index (χ3v) is 3.73. The molecule has 0 saturated carbocycles. The summed E-state index contributed by atoms with van der Waals surface area (Å²) < 4.78 is 5.67. The number of amides is 1. The highest BCUT2D eigenvalue weighted by atomic mass is 16.5. The van der Waals surface area contributed by atoms with E-state index in [-0.39, 0.29) is 29.4 Å². The Morgan fingerprint density at radius 1 is 1.22 bits per heavy atom. The Balaban J connectivity index is 1.78. The van der Waals surface area contributed by atoms with Gasteiger partial charge in [0.05, 0.1) is 12.7 Å². The lowest BCUT2D eigenvalue weighted by atomic mass is 10.1. The molecule has 10 heteroatoms. The van der Waals surface area contributed by atoms with E-state index in [1.807, 2.05) is 0 Å². The maximum absolute atomic E-state index is 12.4. The van der Waals surface area contributed by atoms with Gasteiger partial charge in [-0.1, -0.05) is 12.1 Å². The highest BCUT2D eigenvalue weighted by molar-refractivity contribution is 5.96. The van der Waals surface area contributed by atoms with E-state index in [4.69, 9.17) is 5.73 Å². The van der Waals surface area contributed by atoms with Crippen molar-refractivity contribution in [3.05, 3.63) is 58.9 Å². The average Bonchev–Trinajstić information content (AvgIpc) is 3.04. The highest BCUT2D eigenvalue weighted by Crippen LogP contribution is 2.12. The molecule has 0 atom stereocenters. The zero-order valence-electron chi connectivity index (χ0n) is 14.2. The van der Waals surface area contributed by atoms with Crippen LogP contribution in [0.3, 0.4) is 0 Å². The van der Waals surface area contributed by atoms with E-state index < -0.39 is 17.8 Å². The van der Waals surface area contributed by atoms with Crippen molar-refractivity contribution in [2.45, 2.75) is 6.54 Å². The third-order valence-electron chi connectivity index (χ3n) is 3.73. The minimum absolute atomic E-state index is 0.0778. The normalized spacial score (nSPS) is 10.6. The van der Waals surface area contributed by atoms with Crippen LogP contribution in [0.4, 0.5) is 5.82 Å². The molecule has 138 valence electrons. The van der Waals surface area contributed by atoms with Crippen LogP contribution in [-0.2, 0) is 11.3 Å². The fourth-order valence-electron chi connectivity index (χ4n) is 2.41. The van der Waals surface area contributed by atoms with Gasteiger partial charge in [0.25, 0.3) is 5.91 Å². The molecule has 3 rings (SSSR count). The van der Waals surface area contributed by atoms with Crippen molar-refractivity contribution in [1.82, 2.24) is 19.9 Å². The average molecular weight is 369 g/mol. The van der Waals surface area contributed by atoms with Crippen molar-refractivity contribution in [2.75, 3.05) is 12.8 Å². The number of esters is 1. The van der Waals surface area contributed by atoms with E-state index in [1.54, 1.807) is 24.3 Å². The lowest BCUT2D eigenvalue weighted by molar-refractivity contribution is 0.0599. The first-order valence-electron chi connectivity index (χ1n) is 7.74. The third kappa shape index (κ3) is 3.68. The lowest BCUT2D eigenvalue weighted by Gasteiger charge is -2.07. The van der Waals surface area contributed by atoms with Crippen LogP contribution in [0.25, 0.3) is 5.65 Å². The number of carboxylic acids is 1. The Bertz CT molecular complexity index is 1040. The zero-order chi connectivity index (χ0) is 19.6. The molecule has 0 spiro atoms. The second-order valence-corrected chi connectivity index (χ2v) is 5.54. The van der Waals surface area contributed by atoms with Crippen LogP contribution >= 0.6 is 0 Å². The number of aromatic nitrogens is 3. The van der Waals surface area contributed by atoms with Gasteiger partial charge in [-0.25, -0.2) is 19.1 Å². The Morgan fingerprint density at radius 3 is 2.56 bits per heavy atom. The van der Waals surface area contributed by atoms with E-state index in [9.17, 15) is 19.5 Å². The predicted octanol–water partition coefficient (Wildman–Crippen LogP) is 0.726. The van der Waals surface area contributed by atoms with Crippen LogP contribution in [0.5, 0.6) is 0 Å². The monoisotopic (exact) mass is 369 g/mol. The van der Waals surface area contributed by atoms with Gasteiger partial charge < -0.3 is 20.9 Å². The quantitative estimate of drug-likeness (QED) is 0.557. The number of carbonyl (C=O) groups excluding carboxylic acids is 2. The summed E-state index contributed by atoms with van der Waals surface area (Å²) in [7, 11) is 1.29. The number of carbonyl (C=O) groups is 3. The van der Waals surface area contributed by atoms with Gasteiger partial charge in [0.1, 0.15) is 11.5 Å². The number of nitrogens with two attached hydrogens (primary N) is 1. The summed E-state index contributed by atoms with van der Waals surface area (Å²) in [6.45, 7) is 0.164. The second kappa shape index (κ2) is 7.12. The number of aromatic carboxylic acids is 1. The van der Waals surface area contributed by atoms with Crippen molar-refractivity contribution >= 4 is 29.3 Å². The number of benzene rings is 1. The molecular weight excluding hydrogens is 354 g/mol. The number of methoxy groups -OCH3 is 1. The first-order chi connectivity index (χ1) is 12.9. The molecule has 0 saturated heterocycles. The molecular formula is C17H15N5O5. The van der Waals surface area contributed by atoms with Gasteiger partial charge in [0.15, 0.2) is 11.3 Å². The number of fused-ring (bicyclic) bond motifs is 1. The number of rotatable bonds is 5. The minimum Gasteiger partial charge on any atom is -0.477 e. The number of carboxylic acid groups (broad SMARTS) is 1. The van der Waals surface area contributed by atoms with Crippen molar-refractivity contribution in [1.29, 1.82) is 0 Å². The molecule has 4 N–H and O–H groups in total. The second-order valence-electron chi connectivity index (χ2n) is 5.54.